The lowest BCUT2D eigenvalue weighted by Crippen LogP contribution is -2.10. The molecule has 112 valence electrons. The van der Waals surface area contributed by atoms with E-state index in [1.54, 1.807) is 0 Å². The molecule has 1 aromatic carbocycles. The summed E-state index contributed by atoms with van der Waals surface area (Å²) in [5.41, 5.74) is 4.13. The Kier molecular flexibility index (Phi) is 4.22. The zero-order valence-electron chi connectivity index (χ0n) is 11.2. The molecule has 0 aliphatic heterocycles. The first-order chi connectivity index (χ1) is 10.0. The molecular formula is C12H13F2N5O2. The molecule has 9 heteroatoms. The average Bonchev–Trinajstić information content (AvgIpc) is 2.82. The molecule has 0 bridgehead atoms. The van der Waals surface area contributed by atoms with E-state index < -0.39 is 27.8 Å². The number of hydrogen-bond acceptors (Lipinski definition) is 5. The van der Waals surface area contributed by atoms with Crippen LogP contribution < -0.4 is 5.73 Å². The maximum atomic E-state index is 14.2. The van der Waals surface area contributed by atoms with Crippen molar-refractivity contribution in [2.24, 2.45) is 5.73 Å². The fourth-order valence-corrected chi connectivity index (χ4v) is 2.02. The summed E-state index contributed by atoms with van der Waals surface area (Å²) in [6, 6.07) is 1.61. The number of nitrogens with zero attached hydrogens (tertiary/aromatic N) is 4. The van der Waals surface area contributed by atoms with Crippen LogP contribution in [0.4, 0.5) is 14.5 Å². The molecule has 0 aliphatic rings. The van der Waals surface area contributed by atoms with E-state index in [2.05, 4.69) is 10.2 Å². The Hall–Kier alpha value is -2.42. The van der Waals surface area contributed by atoms with Crippen molar-refractivity contribution in [1.82, 2.24) is 14.8 Å². The fourth-order valence-electron chi connectivity index (χ4n) is 2.02. The number of rotatable bonds is 5. The average molecular weight is 297 g/mol. The van der Waals surface area contributed by atoms with Crippen LogP contribution in [-0.2, 0) is 13.1 Å². The number of hydrogen-bond donors (Lipinski definition) is 1. The highest BCUT2D eigenvalue weighted by molar-refractivity contribution is 5.62. The van der Waals surface area contributed by atoms with Gasteiger partial charge in [0.1, 0.15) is 11.6 Å². The van der Waals surface area contributed by atoms with Gasteiger partial charge in [-0.05, 0) is 12.5 Å². The molecule has 0 saturated carbocycles. The lowest BCUT2D eigenvalue weighted by molar-refractivity contribution is -0.387. The van der Waals surface area contributed by atoms with E-state index in [1.165, 1.54) is 4.57 Å². The Bertz CT molecular complexity index is 687. The Morgan fingerprint density at radius 2 is 2.10 bits per heavy atom. The molecule has 1 heterocycles. The highest BCUT2D eigenvalue weighted by Crippen LogP contribution is 2.31. The molecule has 0 unspecified atom stereocenters. The van der Waals surface area contributed by atoms with Gasteiger partial charge in [0.05, 0.1) is 17.0 Å². The second-order valence-corrected chi connectivity index (χ2v) is 4.31. The van der Waals surface area contributed by atoms with Crippen molar-refractivity contribution in [3.63, 3.8) is 0 Å². The molecule has 2 aromatic rings. The zero-order valence-corrected chi connectivity index (χ0v) is 11.2. The molecular weight excluding hydrogens is 284 g/mol. The van der Waals surface area contributed by atoms with Gasteiger partial charge in [-0.2, -0.15) is 4.39 Å². The van der Waals surface area contributed by atoms with Gasteiger partial charge in [0, 0.05) is 12.6 Å². The number of nitro groups is 1. The Balaban J connectivity index is 2.69. The number of aromatic nitrogens is 3. The fraction of sp³-hybridized carbons (Fsp3) is 0.333. The van der Waals surface area contributed by atoms with Crippen LogP contribution in [0, 0.1) is 21.7 Å². The molecule has 0 fully saturated rings. The molecule has 0 spiro atoms. The smallest absolute Gasteiger partial charge is 0.305 e. The van der Waals surface area contributed by atoms with Crippen molar-refractivity contribution >= 4 is 5.69 Å². The SMILES string of the molecule is CCCn1c(CN)nnc1-c1c(F)ccc([N+](=O)[O-])c1F. The number of nitro benzene ring substituents is 1. The summed E-state index contributed by atoms with van der Waals surface area (Å²) in [6.45, 7) is 2.31. The van der Waals surface area contributed by atoms with E-state index >= 15 is 0 Å². The summed E-state index contributed by atoms with van der Waals surface area (Å²) in [7, 11) is 0. The van der Waals surface area contributed by atoms with Crippen molar-refractivity contribution in [2.45, 2.75) is 26.4 Å². The minimum Gasteiger partial charge on any atom is -0.324 e. The first-order valence-corrected chi connectivity index (χ1v) is 6.26. The second kappa shape index (κ2) is 5.92. The molecule has 2 rings (SSSR count). The summed E-state index contributed by atoms with van der Waals surface area (Å²) in [5, 5.41) is 18.3. The molecule has 0 saturated heterocycles. The first-order valence-electron chi connectivity index (χ1n) is 6.26. The standard InChI is InChI=1S/C12H13F2N5O2/c1-2-5-18-9(6-15)16-17-12(18)10-7(13)3-4-8(11(10)14)19(20)21/h3-4H,2,5-6,15H2,1H3. The maximum Gasteiger partial charge on any atom is 0.305 e. The molecule has 0 atom stereocenters. The normalized spacial score (nSPS) is 10.9. The van der Waals surface area contributed by atoms with Crippen molar-refractivity contribution in [1.29, 1.82) is 0 Å². The van der Waals surface area contributed by atoms with Crippen LogP contribution in [0.5, 0.6) is 0 Å². The van der Waals surface area contributed by atoms with E-state index in [-0.39, 0.29) is 12.4 Å². The van der Waals surface area contributed by atoms with Crippen molar-refractivity contribution < 1.29 is 13.7 Å². The van der Waals surface area contributed by atoms with Crippen molar-refractivity contribution in [3.05, 3.63) is 39.7 Å². The summed E-state index contributed by atoms with van der Waals surface area (Å²) in [4.78, 5) is 9.85. The number of benzene rings is 1. The number of nitrogens with two attached hydrogens (primary N) is 1. The summed E-state index contributed by atoms with van der Waals surface area (Å²) >= 11 is 0. The summed E-state index contributed by atoms with van der Waals surface area (Å²) in [6.07, 6.45) is 0.663. The Labute approximate surface area is 118 Å². The molecule has 1 aromatic heterocycles. The van der Waals surface area contributed by atoms with Crippen LogP contribution in [0.2, 0.25) is 0 Å². The highest BCUT2D eigenvalue weighted by atomic mass is 19.1. The third-order valence-electron chi connectivity index (χ3n) is 2.95. The maximum absolute atomic E-state index is 14.2. The molecule has 0 amide bonds. The predicted octanol–water partition coefficient (Wildman–Crippen LogP) is 2.00. The van der Waals surface area contributed by atoms with E-state index in [1.807, 2.05) is 6.92 Å². The predicted molar refractivity (Wildman–Crippen MR) is 70.2 cm³/mol. The van der Waals surface area contributed by atoms with Gasteiger partial charge < -0.3 is 10.3 Å². The highest BCUT2D eigenvalue weighted by Gasteiger charge is 2.26. The largest absolute Gasteiger partial charge is 0.324 e. The molecule has 21 heavy (non-hydrogen) atoms. The van der Waals surface area contributed by atoms with Gasteiger partial charge in [-0.15, -0.1) is 10.2 Å². The zero-order chi connectivity index (χ0) is 15.6. The Morgan fingerprint density at radius 1 is 1.38 bits per heavy atom. The molecule has 2 N–H and O–H groups in total. The van der Waals surface area contributed by atoms with Crippen LogP contribution in [0.1, 0.15) is 19.2 Å². The topological polar surface area (TPSA) is 99.9 Å². The van der Waals surface area contributed by atoms with Gasteiger partial charge in [0.25, 0.3) is 0 Å². The van der Waals surface area contributed by atoms with E-state index in [9.17, 15) is 18.9 Å². The lowest BCUT2D eigenvalue weighted by Gasteiger charge is -2.09. The van der Waals surface area contributed by atoms with Crippen LogP contribution in [-0.4, -0.2) is 19.7 Å². The van der Waals surface area contributed by atoms with E-state index in [0.717, 1.165) is 12.1 Å². The van der Waals surface area contributed by atoms with Crippen LogP contribution in [0.3, 0.4) is 0 Å². The molecule has 0 aliphatic carbocycles. The number of halogens is 2. The summed E-state index contributed by atoms with van der Waals surface area (Å²) in [5.74, 6) is -1.95. The Morgan fingerprint density at radius 3 is 2.67 bits per heavy atom. The van der Waals surface area contributed by atoms with Gasteiger partial charge in [0.15, 0.2) is 5.82 Å². The lowest BCUT2D eigenvalue weighted by atomic mass is 10.1. The first kappa shape index (κ1) is 15.0. The minimum absolute atomic E-state index is 0.0468. The third kappa shape index (κ3) is 2.59. The van der Waals surface area contributed by atoms with Crippen LogP contribution in [0.25, 0.3) is 11.4 Å². The van der Waals surface area contributed by atoms with Crippen LogP contribution >= 0.6 is 0 Å². The van der Waals surface area contributed by atoms with Gasteiger partial charge in [-0.25, -0.2) is 4.39 Å². The second-order valence-electron chi connectivity index (χ2n) is 4.31. The van der Waals surface area contributed by atoms with Crippen molar-refractivity contribution in [2.75, 3.05) is 0 Å². The van der Waals surface area contributed by atoms with Gasteiger partial charge in [-0.1, -0.05) is 6.92 Å². The summed E-state index contributed by atoms with van der Waals surface area (Å²) < 4.78 is 29.6. The van der Waals surface area contributed by atoms with E-state index in [0.29, 0.717) is 18.8 Å². The van der Waals surface area contributed by atoms with Crippen molar-refractivity contribution in [3.8, 4) is 11.4 Å². The quantitative estimate of drug-likeness (QED) is 0.672. The molecule has 7 nitrogen and oxygen atoms in total. The third-order valence-corrected chi connectivity index (χ3v) is 2.95. The minimum atomic E-state index is -1.27. The van der Waals surface area contributed by atoms with E-state index in [4.69, 9.17) is 5.73 Å². The monoisotopic (exact) mass is 297 g/mol. The van der Waals surface area contributed by atoms with Gasteiger partial charge >= 0.3 is 5.69 Å². The van der Waals surface area contributed by atoms with Gasteiger partial charge in [0.2, 0.25) is 5.82 Å². The van der Waals surface area contributed by atoms with Crippen LogP contribution in [0.15, 0.2) is 12.1 Å². The van der Waals surface area contributed by atoms with Gasteiger partial charge in [-0.3, -0.25) is 10.1 Å². The molecule has 0 radical (unpaired) electrons.